The van der Waals surface area contributed by atoms with Gasteiger partial charge in [0.2, 0.25) is 0 Å². The second-order valence-corrected chi connectivity index (χ2v) is 6.97. The number of halogens is 1. The number of ether oxygens (including phenoxy) is 1. The van der Waals surface area contributed by atoms with Crippen LogP contribution in [0.4, 0.5) is 0 Å². The molecule has 0 heterocycles. The van der Waals surface area contributed by atoms with Crippen LogP contribution in [0.3, 0.4) is 0 Å². The molecule has 3 nitrogen and oxygen atoms in total. The quantitative estimate of drug-likeness (QED) is 0.744. The summed E-state index contributed by atoms with van der Waals surface area (Å²) in [6.07, 6.45) is 5.01. The van der Waals surface area contributed by atoms with Gasteiger partial charge in [0.05, 0.1) is 18.1 Å². The molecule has 21 heavy (non-hydrogen) atoms. The summed E-state index contributed by atoms with van der Waals surface area (Å²) in [6, 6.07) is 6.06. The number of ketones is 1. The van der Waals surface area contributed by atoms with E-state index < -0.39 is 0 Å². The highest BCUT2D eigenvalue weighted by Crippen LogP contribution is 2.28. The fourth-order valence-corrected chi connectivity index (χ4v) is 3.63. The van der Waals surface area contributed by atoms with E-state index in [1.165, 1.54) is 25.7 Å². The van der Waals surface area contributed by atoms with Gasteiger partial charge in [0, 0.05) is 11.6 Å². The number of benzene rings is 1. The van der Waals surface area contributed by atoms with Crippen LogP contribution in [-0.4, -0.2) is 37.4 Å². The van der Waals surface area contributed by atoms with Crippen molar-refractivity contribution in [2.24, 2.45) is 5.92 Å². The summed E-state index contributed by atoms with van der Waals surface area (Å²) in [7, 11) is 3.69. The molecule has 0 radical (unpaired) electrons. The van der Waals surface area contributed by atoms with Gasteiger partial charge in [-0.15, -0.1) is 0 Å². The lowest BCUT2D eigenvalue weighted by atomic mass is 9.86. The largest absolute Gasteiger partial charge is 0.496 e. The Bertz CT molecular complexity index is 504. The minimum absolute atomic E-state index is 0.166. The molecule has 0 aromatic heterocycles. The predicted octanol–water partition coefficient (Wildman–Crippen LogP) is 4.15. The lowest BCUT2D eigenvalue weighted by Crippen LogP contribution is -2.38. The van der Waals surface area contributed by atoms with Crippen LogP contribution in [0.15, 0.2) is 22.7 Å². The van der Waals surface area contributed by atoms with Gasteiger partial charge >= 0.3 is 0 Å². The van der Waals surface area contributed by atoms with Crippen LogP contribution >= 0.6 is 15.9 Å². The smallest absolute Gasteiger partial charge is 0.176 e. The molecule has 1 aliphatic rings. The highest BCUT2D eigenvalue weighted by atomic mass is 79.9. The minimum Gasteiger partial charge on any atom is -0.496 e. The van der Waals surface area contributed by atoms with Crippen LogP contribution in [-0.2, 0) is 0 Å². The van der Waals surface area contributed by atoms with Crippen molar-refractivity contribution in [3.63, 3.8) is 0 Å². The summed E-state index contributed by atoms with van der Waals surface area (Å²) < 4.78 is 6.02. The van der Waals surface area contributed by atoms with E-state index in [9.17, 15) is 4.79 Å². The average molecular weight is 354 g/mol. The van der Waals surface area contributed by atoms with E-state index in [-0.39, 0.29) is 5.78 Å². The summed E-state index contributed by atoms with van der Waals surface area (Å²) in [5, 5.41) is 0. The summed E-state index contributed by atoms with van der Waals surface area (Å²) in [6.45, 7) is 2.79. The first-order chi connectivity index (χ1) is 10.0. The summed E-state index contributed by atoms with van der Waals surface area (Å²) >= 11 is 3.44. The van der Waals surface area contributed by atoms with E-state index in [4.69, 9.17) is 4.74 Å². The van der Waals surface area contributed by atoms with Gasteiger partial charge in [0.25, 0.3) is 0 Å². The van der Waals surface area contributed by atoms with E-state index in [0.717, 1.165) is 21.7 Å². The number of Topliss-reactive ketones (excluding diaryl/α,β-unsaturated/α-hetero) is 1. The van der Waals surface area contributed by atoms with Crippen molar-refractivity contribution in [1.29, 1.82) is 0 Å². The molecule has 0 amide bonds. The third kappa shape index (κ3) is 4.30. The molecule has 1 aromatic carbocycles. The molecule has 2 atom stereocenters. The molecule has 1 aromatic rings. The number of carbonyl (C=O) groups is 1. The maximum Gasteiger partial charge on any atom is 0.176 e. The fraction of sp³-hybridized carbons (Fsp3) is 0.588. The van der Waals surface area contributed by atoms with Crippen LogP contribution in [0, 0.1) is 5.92 Å². The topological polar surface area (TPSA) is 29.5 Å². The molecule has 0 spiro atoms. The third-order valence-corrected chi connectivity index (χ3v) is 5.02. The second kappa shape index (κ2) is 7.41. The Labute approximate surface area is 135 Å². The van der Waals surface area contributed by atoms with Gasteiger partial charge in [-0.2, -0.15) is 0 Å². The van der Waals surface area contributed by atoms with Gasteiger partial charge in [0.1, 0.15) is 5.75 Å². The zero-order chi connectivity index (χ0) is 15.4. The van der Waals surface area contributed by atoms with Crippen LogP contribution in [0.2, 0.25) is 0 Å². The Kier molecular flexibility index (Phi) is 5.82. The van der Waals surface area contributed by atoms with Crippen LogP contribution < -0.4 is 4.74 Å². The first-order valence-electron chi connectivity index (χ1n) is 7.58. The fourth-order valence-electron chi connectivity index (χ4n) is 3.09. The molecular formula is C17H24BrNO2. The number of hydrogen-bond acceptors (Lipinski definition) is 3. The standard InChI is InChI=1S/C17H24BrNO2/c1-12-5-4-6-14(9-12)19(2)11-16(20)13-7-8-17(21-3)15(18)10-13/h7-8,10,12,14H,4-6,9,11H2,1-3H3. The number of hydrogen-bond donors (Lipinski definition) is 0. The maximum atomic E-state index is 12.4. The molecule has 1 aliphatic carbocycles. The molecule has 2 rings (SSSR count). The van der Waals surface area contributed by atoms with Gasteiger partial charge in [-0.1, -0.05) is 19.8 Å². The normalized spacial score (nSPS) is 22.3. The van der Waals surface area contributed by atoms with Crippen molar-refractivity contribution in [2.75, 3.05) is 20.7 Å². The van der Waals surface area contributed by atoms with Gasteiger partial charge < -0.3 is 4.74 Å². The molecule has 4 heteroatoms. The Hall–Kier alpha value is -0.870. The van der Waals surface area contributed by atoms with Crippen molar-refractivity contribution in [3.05, 3.63) is 28.2 Å². The first kappa shape index (κ1) is 16.5. The molecule has 2 unspecified atom stereocenters. The van der Waals surface area contributed by atoms with Gasteiger partial charge in [0.15, 0.2) is 5.78 Å². The molecule has 0 aliphatic heterocycles. The maximum absolute atomic E-state index is 12.4. The number of carbonyl (C=O) groups excluding carboxylic acids is 1. The SMILES string of the molecule is COc1ccc(C(=O)CN(C)C2CCCC(C)C2)cc1Br. The molecule has 0 saturated heterocycles. The number of rotatable bonds is 5. The van der Waals surface area contributed by atoms with E-state index in [1.807, 2.05) is 18.2 Å². The summed E-state index contributed by atoms with van der Waals surface area (Å²) in [5.74, 6) is 1.69. The van der Waals surface area contributed by atoms with Crippen LogP contribution in [0.25, 0.3) is 0 Å². The highest BCUT2D eigenvalue weighted by molar-refractivity contribution is 9.10. The van der Waals surface area contributed by atoms with Gasteiger partial charge in [-0.3, -0.25) is 9.69 Å². The molecule has 0 N–H and O–H groups in total. The van der Waals surface area contributed by atoms with E-state index in [1.54, 1.807) is 7.11 Å². The van der Waals surface area contributed by atoms with E-state index in [0.29, 0.717) is 12.6 Å². The van der Waals surface area contributed by atoms with Crippen molar-refractivity contribution in [1.82, 2.24) is 4.90 Å². The highest BCUT2D eigenvalue weighted by Gasteiger charge is 2.24. The minimum atomic E-state index is 0.166. The Morgan fingerprint density at radius 3 is 2.81 bits per heavy atom. The number of nitrogens with zero attached hydrogens (tertiary/aromatic N) is 1. The zero-order valence-corrected chi connectivity index (χ0v) is 14.6. The third-order valence-electron chi connectivity index (χ3n) is 4.40. The number of methoxy groups -OCH3 is 1. The summed E-state index contributed by atoms with van der Waals surface area (Å²) in [5.41, 5.74) is 0.735. The molecule has 0 bridgehead atoms. The van der Waals surface area contributed by atoms with E-state index >= 15 is 0 Å². The van der Waals surface area contributed by atoms with E-state index in [2.05, 4.69) is 34.8 Å². The van der Waals surface area contributed by atoms with Crippen molar-refractivity contribution < 1.29 is 9.53 Å². The van der Waals surface area contributed by atoms with Gasteiger partial charge in [-0.05, 0) is 59.9 Å². The molecular weight excluding hydrogens is 330 g/mol. The summed E-state index contributed by atoms with van der Waals surface area (Å²) in [4.78, 5) is 14.6. The Morgan fingerprint density at radius 1 is 1.43 bits per heavy atom. The zero-order valence-electron chi connectivity index (χ0n) is 13.1. The Balaban J connectivity index is 1.98. The second-order valence-electron chi connectivity index (χ2n) is 6.11. The first-order valence-corrected chi connectivity index (χ1v) is 8.37. The lowest BCUT2D eigenvalue weighted by Gasteiger charge is -2.33. The molecule has 1 saturated carbocycles. The Morgan fingerprint density at radius 2 is 2.19 bits per heavy atom. The van der Waals surface area contributed by atoms with Crippen molar-refractivity contribution >= 4 is 21.7 Å². The monoisotopic (exact) mass is 353 g/mol. The lowest BCUT2D eigenvalue weighted by molar-refractivity contribution is 0.0882. The number of likely N-dealkylation sites (N-methyl/N-ethyl adjacent to an activating group) is 1. The average Bonchev–Trinajstić information content (AvgIpc) is 2.47. The van der Waals surface area contributed by atoms with Crippen molar-refractivity contribution in [3.8, 4) is 5.75 Å². The van der Waals surface area contributed by atoms with Crippen molar-refractivity contribution in [2.45, 2.75) is 38.6 Å². The molecule has 116 valence electrons. The van der Waals surface area contributed by atoms with Crippen LogP contribution in [0.5, 0.6) is 5.75 Å². The van der Waals surface area contributed by atoms with Crippen LogP contribution in [0.1, 0.15) is 43.0 Å². The molecule has 1 fully saturated rings. The predicted molar refractivity (Wildman–Crippen MR) is 89.1 cm³/mol. The van der Waals surface area contributed by atoms with Gasteiger partial charge in [-0.25, -0.2) is 0 Å².